The first-order valence-electron chi connectivity index (χ1n) is 9.01. The largest absolute Gasteiger partial charge is 0.479 e. The molecule has 1 aliphatic rings. The van der Waals surface area contributed by atoms with Gasteiger partial charge in [0.05, 0.1) is 19.0 Å². The topological polar surface area (TPSA) is 270 Å². The fourth-order valence-electron chi connectivity index (χ4n) is 3.39. The second kappa shape index (κ2) is 8.33. The number of nitrogens with one attached hydrogen (secondary N) is 1. The molecule has 1 fully saturated rings. The Hall–Kier alpha value is -1.48. The molecule has 5 atom stereocenters. The van der Waals surface area contributed by atoms with Crippen LogP contribution in [0.3, 0.4) is 0 Å². The van der Waals surface area contributed by atoms with Crippen molar-refractivity contribution in [3.63, 3.8) is 0 Å². The number of phosphoric acid groups is 1. The average molecular weight is 533 g/mol. The van der Waals surface area contributed by atoms with Gasteiger partial charge in [0.25, 0.3) is 5.56 Å². The smallest absolute Gasteiger partial charge is 0.390 e. The summed E-state index contributed by atoms with van der Waals surface area (Å²) in [5.74, 6) is -1.89. The summed E-state index contributed by atoms with van der Waals surface area (Å²) >= 11 is 0. The monoisotopic (exact) mass is 533 g/mol. The number of hydrogen-bond donors (Lipinski definition) is 7. The number of H-pyrrole nitrogens is 1. The van der Waals surface area contributed by atoms with Crippen molar-refractivity contribution in [1.29, 1.82) is 0 Å². The van der Waals surface area contributed by atoms with E-state index in [0.29, 0.717) is 0 Å². The number of nitrogens with two attached hydrogens (primary N) is 1. The van der Waals surface area contributed by atoms with Crippen LogP contribution in [0.1, 0.15) is 20.3 Å². The van der Waals surface area contributed by atoms with Crippen LogP contribution in [0.15, 0.2) is 11.1 Å². The Labute approximate surface area is 184 Å². The number of nitrogen functional groups attached to an aromatic ring is 1. The molecule has 0 bridgehead atoms. The first-order chi connectivity index (χ1) is 14.8. The number of aromatic amines is 1. The van der Waals surface area contributed by atoms with Crippen molar-refractivity contribution in [1.82, 2.24) is 19.5 Å². The second-order valence-corrected chi connectivity index (χ2v) is 13.4. The van der Waals surface area contributed by atoms with E-state index in [0.717, 1.165) is 0 Å². The molecular formula is C13H22N5O12P3. The molecule has 3 rings (SSSR count). The van der Waals surface area contributed by atoms with Gasteiger partial charge in [-0.2, -0.15) is 4.98 Å². The molecule has 0 amide bonds. The first kappa shape index (κ1) is 26.1. The van der Waals surface area contributed by atoms with Crippen LogP contribution < -0.4 is 11.3 Å². The number of anilines is 1. The maximum atomic E-state index is 12.1. The van der Waals surface area contributed by atoms with Gasteiger partial charge in [0.1, 0.15) is 11.3 Å². The summed E-state index contributed by atoms with van der Waals surface area (Å²) in [5, 5.41) is 10.6. The van der Waals surface area contributed by atoms with Crippen LogP contribution in [-0.2, 0) is 33.0 Å². The summed E-state index contributed by atoms with van der Waals surface area (Å²) in [6, 6.07) is 0. The summed E-state index contributed by atoms with van der Waals surface area (Å²) in [7, 11) is -15.6. The molecule has 8 N–H and O–H groups in total. The zero-order valence-corrected chi connectivity index (χ0v) is 19.8. The molecule has 3 heterocycles. The third-order valence-corrected chi connectivity index (χ3v) is 9.98. The zero-order valence-electron chi connectivity index (χ0n) is 17.1. The molecule has 33 heavy (non-hydrogen) atoms. The summed E-state index contributed by atoms with van der Waals surface area (Å²) in [6.45, 7) is 1.99. The van der Waals surface area contributed by atoms with Crippen molar-refractivity contribution in [2.24, 2.45) is 0 Å². The van der Waals surface area contributed by atoms with Gasteiger partial charge in [0.15, 0.2) is 17.1 Å². The Morgan fingerprint density at radius 1 is 1.30 bits per heavy atom. The number of nitrogens with zero attached hydrogens (tertiary/aromatic N) is 3. The molecule has 2 aromatic heterocycles. The summed E-state index contributed by atoms with van der Waals surface area (Å²) in [4.78, 5) is 59.0. The summed E-state index contributed by atoms with van der Waals surface area (Å²) in [6.07, 6.45) is -0.217. The van der Waals surface area contributed by atoms with E-state index in [1.807, 2.05) is 0 Å². The minimum Gasteiger partial charge on any atom is -0.390 e. The Balaban J connectivity index is 1.79. The third-order valence-electron chi connectivity index (χ3n) is 4.77. The lowest BCUT2D eigenvalue weighted by Gasteiger charge is -2.32. The van der Waals surface area contributed by atoms with Crippen LogP contribution in [0.2, 0.25) is 0 Å². The number of fused-ring (bicyclic) bond motifs is 1. The molecule has 20 heteroatoms. The quantitative estimate of drug-likeness (QED) is 0.208. The predicted octanol–water partition coefficient (Wildman–Crippen LogP) is -0.631. The number of phosphoric ester groups is 1. The molecule has 0 aliphatic carbocycles. The Kier molecular flexibility index (Phi) is 6.59. The van der Waals surface area contributed by atoms with Gasteiger partial charge in [0.2, 0.25) is 5.95 Å². The fourth-order valence-corrected chi connectivity index (χ4v) is 7.82. The highest BCUT2D eigenvalue weighted by molar-refractivity contribution is 7.73. The lowest BCUT2D eigenvalue weighted by Crippen LogP contribution is -2.42. The van der Waals surface area contributed by atoms with Crippen LogP contribution in [-0.4, -0.2) is 68.4 Å². The van der Waals surface area contributed by atoms with E-state index in [2.05, 4.69) is 23.8 Å². The van der Waals surface area contributed by atoms with Crippen molar-refractivity contribution < 1.29 is 51.9 Å². The molecule has 0 aromatic carbocycles. The van der Waals surface area contributed by atoms with E-state index in [1.54, 1.807) is 0 Å². The van der Waals surface area contributed by atoms with Gasteiger partial charge in [-0.05, 0) is 13.8 Å². The molecule has 0 spiro atoms. The maximum absolute atomic E-state index is 12.1. The van der Waals surface area contributed by atoms with Crippen molar-refractivity contribution in [3.05, 3.63) is 16.7 Å². The standard InChI is InChI=1S/C13H22N5O12P3/c1-12(4-28-33(26,27)30-32(24,25)6-31(21,22)23)7(19)3-13(2,29-12)18-5-15-8-9(18)16-11(14)17-10(8)20/h5,7,19H,3-4,6H2,1-2H3,(H,24,25)(H,26,27)(H2,21,22,23)(H3,14,16,17,20)/t7?,12-,13-/m1/s1. The Morgan fingerprint density at radius 2 is 1.94 bits per heavy atom. The molecule has 1 aliphatic heterocycles. The SMILES string of the molecule is C[C@]1(COP(=O)(O)OP(=O)(O)CP(=O)(O)O)O[C@@](C)(n2cnc3c(=O)[nH]c(N)nc32)CC1O. The third kappa shape index (κ3) is 5.78. The molecule has 186 valence electrons. The van der Waals surface area contributed by atoms with Crippen molar-refractivity contribution in [3.8, 4) is 0 Å². The van der Waals surface area contributed by atoms with Crippen LogP contribution >= 0.6 is 23.0 Å². The lowest BCUT2D eigenvalue weighted by molar-refractivity contribution is -0.158. The first-order valence-corrected chi connectivity index (χ1v) is 14.1. The van der Waals surface area contributed by atoms with Crippen LogP contribution in [0, 0.1) is 0 Å². The normalized spacial score (nSPS) is 29.7. The van der Waals surface area contributed by atoms with E-state index in [4.69, 9.17) is 20.3 Å². The molecule has 0 radical (unpaired) electrons. The van der Waals surface area contributed by atoms with Gasteiger partial charge in [-0.3, -0.25) is 28.0 Å². The number of imidazole rings is 1. The van der Waals surface area contributed by atoms with Gasteiger partial charge in [-0.1, -0.05) is 0 Å². The fraction of sp³-hybridized carbons (Fsp3) is 0.615. The van der Waals surface area contributed by atoms with Crippen molar-refractivity contribution >= 4 is 40.1 Å². The number of aromatic nitrogens is 4. The van der Waals surface area contributed by atoms with Crippen molar-refractivity contribution in [2.75, 3.05) is 18.2 Å². The summed E-state index contributed by atoms with van der Waals surface area (Å²) < 4.78 is 50.6. The summed E-state index contributed by atoms with van der Waals surface area (Å²) in [5.41, 5.74) is 1.91. The molecular weight excluding hydrogens is 511 g/mol. The highest BCUT2D eigenvalue weighted by Crippen LogP contribution is 2.65. The lowest BCUT2D eigenvalue weighted by atomic mass is 9.99. The molecule has 0 saturated carbocycles. The second-order valence-electron chi connectivity index (χ2n) is 7.81. The van der Waals surface area contributed by atoms with Crippen LogP contribution in [0.25, 0.3) is 11.2 Å². The van der Waals surface area contributed by atoms with Crippen molar-refractivity contribution in [2.45, 2.75) is 37.7 Å². The Bertz CT molecular complexity index is 1270. The zero-order chi connectivity index (χ0) is 25.0. The van der Waals surface area contributed by atoms with Gasteiger partial charge in [-0.25, -0.2) is 13.9 Å². The number of aliphatic hydroxyl groups excluding tert-OH is 1. The van der Waals surface area contributed by atoms with E-state index in [-0.39, 0.29) is 23.5 Å². The maximum Gasteiger partial charge on any atom is 0.479 e. The highest BCUT2D eigenvalue weighted by Gasteiger charge is 2.53. The van der Waals surface area contributed by atoms with Gasteiger partial charge < -0.3 is 35.2 Å². The van der Waals surface area contributed by atoms with E-state index in [9.17, 15) is 33.4 Å². The molecule has 2 aromatic rings. The molecule has 3 unspecified atom stereocenters. The van der Waals surface area contributed by atoms with E-state index < -0.39 is 58.5 Å². The van der Waals surface area contributed by atoms with Gasteiger partial charge in [-0.15, -0.1) is 0 Å². The van der Waals surface area contributed by atoms with Gasteiger partial charge in [0, 0.05) is 6.42 Å². The predicted molar refractivity (Wildman–Crippen MR) is 110 cm³/mol. The minimum absolute atomic E-state index is 0.0472. The van der Waals surface area contributed by atoms with Crippen LogP contribution in [0.4, 0.5) is 5.95 Å². The molecule has 17 nitrogen and oxygen atoms in total. The number of rotatable bonds is 8. The average Bonchev–Trinajstić information content (AvgIpc) is 3.10. The van der Waals surface area contributed by atoms with E-state index in [1.165, 1.54) is 24.7 Å². The van der Waals surface area contributed by atoms with E-state index >= 15 is 0 Å². The Morgan fingerprint density at radius 3 is 2.55 bits per heavy atom. The number of ether oxygens (including phenoxy) is 1. The number of hydrogen-bond acceptors (Lipinski definition) is 11. The minimum atomic E-state index is -5.32. The molecule has 1 saturated heterocycles. The number of aliphatic hydroxyl groups is 1. The van der Waals surface area contributed by atoms with Crippen LogP contribution in [0.5, 0.6) is 0 Å². The highest BCUT2D eigenvalue weighted by atomic mass is 31.3. The van der Waals surface area contributed by atoms with Gasteiger partial charge >= 0.3 is 23.0 Å².